The minimum absolute atomic E-state index is 0.161. The number of rotatable bonds is 7. The largest absolute Gasteiger partial charge is 0.406 e. The van der Waals surface area contributed by atoms with Gasteiger partial charge in [0.05, 0.1) is 0 Å². The first-order valence-corrected chi connectivity index (χ1v) is 11.3. The van der Waals surface area contributed by atoms with Gasteiger partial charge in [0, 0.05) is 44.9 Å². The zero-order valence-corrected chi connectivity index (χ0v) is 18.8. The first kappa shape index (κ1) is 21.9. The SMILES string of the molecule is CN(C)c1ccc(C(=O)N[C@@H](Cc2ccccc2)c2nnc(N3CCCCCC3)o2)cc1. The third-order valence-electron chi connectivity index (χ3n) is 5.84. The van der Waals surface area contributed by atoms with Crippen molar-refractivity contribution in [1.29, 1.82) is 0 Å². The molecule has 0 unspecified atom stereocenters. The maximum atomic E-state index is 13.0. The van der Waals surface area contributed by atoms with E-state index in [1.165, 1.54) is 12.8 Å². The van der Waals surface area contributed by atoms with Crippen LogP contribution in [0.1, 0.15) is 53.5 Å². The van der Waals surface area contributed by atoms with Gasteiger partial charge < -0.3 is 19.5 Å². The van der Waals surface area contributed by atoms with Crippen LogP contribution >= 0.6 is 0 Å². The van der Waals surface area contributed by atoms with Crippen LogP contribution in [0.3, 0.4) is 0 Å². The minimum Gasteiger partial charge on any atom is -0.406 e. The number of anilines is 2. The van der Waals surface area contributed by atoms with Gasteiger partial charge in [0.2, 0.25) is 5.89 Å². The first-order valence-electron chi connectivity index (χ1n) is 11.3. The maximum Gasteiger partial charge on any atom is 0.318 e. The van der Waals surface area contributed by atoms with Crippen LogP contribution in [0.5, 0.6) is 0 Å². The second-order valence-corrected chi connectivity index (χ2v) is 8.48. The zero-order valence-electron chi connectivity index (χ0n) is 18.8. The molecule has 1 fully saturated rings. The fourth-order valence-corrected chi connectivity index (χ4v) is 3.96. The quantitative estimate of drug-likeness (QED) is 0.601. The molecule has 0 aliphatic carbocycles. The van der Waals surface area contributed by atoms with Crippen LogP contribution in [0.15, 0.2) is 59.0 Å². The lowest BCUT2D eigenvalue weighted by atomic mass is 10.1. The summed E-state index contributed by atoms with van der Waals surface area (Å²) in [6.07, 6.45) is 5.30. The molecule has 7 nitrogen and oxygen atoms in total. The molecule has 7 heteroatoms. The molecule has 1 aliphatic heterocycles. The third-order valence-corrected chi connectivity index (χ3v) is 5.84. The van der Waals surface area contributed by atoms with E-state index in [1.54, 1.807) is 0 Å². The molecule has 1 atom stereocenters. The van der Waals surface area contributed by atoms with E-state index < -0.39 is 6.04 Å². The van der Waals surface area contributed by atoms with E-state index in [-0.39, 0.29) is 5.91 Å². The summed E-state index contributed by atoms with van der Waals surface area (Å²) in [5, 5.41) is 11.7. The average molecular weight is 434 g/mol. The van der Waals surface area contributed by atoms with E-state index in [9.17, 15) is 4.79 Å². The van der Waals surface area contributed by atoms with Crippen LogP contribution in [0.2, 0.25) is 0 Å². The molecule has 3 aromatic rings. The highest BCUT2D eigenvalue weighted by Crippen LogP contribution is 2.24. The molecule has 0 bridgehead atoms. The molecule has 32 heavy (non-hydrogen) atoms. The van der Waals surface area contributed by atoms with Crippen molar-refractivity contribution in [2.45, 2.75) is 38.1 Å². The van der Waals surface area contributed by atoms with Gasteiger partial charge in [-0.15, -0.1) is 5.10 Å². The lowest BCUT2D eigenvalue weighted by Gasteiger charge is -2.18. The van der Waals surface area contributed by atoms with Crippen molar-refractivity contribution in [2.24, 2.45) is 0 Å². The monoisotopic (exact) mass is 433 g/mol. The molecular weight excluding hydrogens is 402 g/mol. The van der Waals surface area contributed by atoms with Crippen LogP contribution in [0.25, 0.3) is 0 Å². The first-order chi connectivity index (χ1) is 15.6. The van der Waals surface area contributed by atoms with Crippen LogP contribution < -0.4 is 15.1 Å². The molecule has 168 valence electrons. The van der Waals surface area contributed by atoms with Crippen molar-refractivity contribution in [3.63, 3.8) is 0 Å². The lowest BCUT2D eigenvalue weighted by molar-refractivity contribution is 0.0930. The summed E-state index contributed by atoms with van der Waals surface area (Å²) in [5.41, 5.74) is 2.73. The number of benzene rings is 2. The molecule has 0 saturated carbocycles. The van der Waals surface area contributed by atoms with Crippen molar-refractivity contribution >= 4 is 17.6 Å². The van der Waals surface area contributed by atoms with Crippen molar-refractivity contribution in [1.82, 2.24) is 15.5 Å². The van der Waals surface area contributed by atoms with Crippen LogP contribution in [-0.4, -0.2) is 43.3 Å². The molecule has 1 amide bonds. The number of nitrogens with one attached hydrogen (secondary N) is 1. The van der Waals surface area contributed by atoms with E-state index in [2.05, 4.69) is 20.4 Å². The predicted molar refractivity (Wildman–Crippen MR) is 126 cm³/mol. The molecule has 1 aliphatic rings. The van der Waals surface area contributed by atoms with Gasteiger partial charge in [-0.2, -0.15) is 0 Å². The molecule has 2 heterocycles. The van der Waals surface area contributed by atoms with E-state index in [0.29, 0.717) is 23.9 Å². The topological polar surface area (TPSA) is 74.5 Å². The Morgan fingerprint density at radius 1 is 1.00 bits per heavy atom. The van der Waals surface area contributed by atoms with Crippen molar-refractivity contribution in [3.05, 3.63) is 71.6 Å². The summed E-state index contributed by atoms with van der Waals surface area (Å²) in [7, 11) is 3.95. The normalized spacial score (nSPS) is 15.1. The highest BCUT2D eigenvalue weighted by atomic mass is 16.4. The predicted octanol–water partition coefficient (Wildman–Crippen LogP) is 4.23. The summed E-state index contributed by atoms with van der Waals surface area (Å²) in [4.78, 5) is 17.2. The summed E-state index contributed by atoms with van der Waals surface area (Å²) < 4.78 is 6.08. The van der Waals surface area contributed by atoms with Crippen molar-refractivity contribution in [3.8, 4) is 0 Å². The number of aromatic nitrogens is 2. The van der Waals surface area contributed by atoms with Crippen LogP contribution in [0.4, 0.5) is 11.7 Å². The second kappa shape index (κ2) is 10.3. The Bertz CT molecular complexity index is 993. The van der Waals surface area contributed by atoms with Gasteiger partial charge in [-0.05, 0) is 42.7 Å². The summed E-state index contributed by atoms with van der Waals surface area (Å²) in [6.45, 7) is 1.85. The highest BCUT2D eigenvalue weighted by molar-refractivity contribution is 5.94. The fraction of sp³-hybridized carbons (Fsp3) is 0.400. The molecule has 1 N–H and O–H groups in total. The Morgan fingerprint density at radius 3 is 2.34 bits per heavy atom. The molecule has 4 rings (SSSR count). The third kappa shape index (κ3) is 5.46. The molecule has 2 aromatic carbocycles. The Kier molecular flexibility index (Phi) is 7.04. The summed E-state index contributed by atoms with van der Waals surface area (Å²) in [6, 6.07) is 17.7. The Labute approximate surface area is 189 Å². The number of hydrogen-bond acceptors (Lipinski definition) is 6. The fourth-order valence-electron chi connectivity index (χ4n) is 3.96. The summed E-state index contributed by atoms with van der Waals surface area (Å²) >= 11 is 0. The Morgan fingerprint density at radius 2 is 1.69 bits per heavy atom. The molecule has 1 saturated heterocycles. The molecule has 0 spiro atoms. The van der Waals surface area contributed by atoms with E-state index in [0.717, 1.165) is 37.2 Å². The second-order valence-electron chi connectivity index (χ2n) is 8.48. The van der Waals surface area contributed by atoms with Gasteiger partial charge in [-0.25, -0.2) is 0 Å². The van der Waals surface area contributed by atoms with Gasteiger partial charge in [0.1, 0.15) is 6.04 Å². The highest BCUT2D eigenvalue weighted by Gasteiger charge is 2.24. The smallest absolute Gasteiger partial charge is 0.318 e. The Balaban J connectivity index is 1.54. The number of hydrogen-bond donors (Lipinski definition) is 1. The standard InChI is InChI=1S/C25H31N5O2/c1-29(2)21-14-12-20(13-15-21)23(31)26-22(18-19-10-6-5-7-11-19)24-27-28-25(32-24)30-16-8-3-4-9-17-30/h5-7,10-15,22H,3-4,8-9,16-18H2,1-2H3,(H,26,31)/t22-/m0/s1. The van der Waals surface area contributed by atoms with E-state index in [4.69, 9.17) is 4.42 Å². The van der Waals surface area contributed by atoms with E-state index in [1.807, 2.05) is 73.6 Å². The van der Waals surface area contributed by atoms with Gasteiger partial charge in [0.25, 0.3) is 5.91 Å². The maximum absolute atomic E-state index is 13.0. The lowest BCUT2D eigenvalue weighted by Crippen LogP contribution is -2.30. The van der Waals surface area contributed by atoms with Crippen molar-refractivity contribution < 1.29 is 9.21 Å². The number of nitrogens with zero attached hydrogens (tertiary/aromatic N) is 4. The summed E-state index contributed by atoms with van der Waals surface area (Å²) in [5.74, 6) is 0.275. The molecule has 0 radical (unpaired) electrons. The number of carbonyl (C=O) groups is 1. The van der Waals surface area contributed by atoms with Crippen molar-refractivity contribution in [2.75, 3.05) is 37.0 Å². The average Bonchev–Trinajstić information content (AvgIpc) is 3.15. The van der Waals surface area contributed by atoms with E-state index >= 15 is 0 Å². The number of amides is 1. The van der Waals surface area contributed by atoms with Crippen LogP contribution in [-0.2, 0) is 6.42 Å². The van der Waals surface area contributed by atoms with Gasteiger partial charge >= 0.3 is 6.01 Å². The number of carbonyl (C=O) groups excluding carboxylic acids is 1. The zero-order chi connectivity index (χ0) is 22.3. The molecular formula is C25H31N5O2. The Hall–Kier alpha value is -3.35. The van der Waals surface area contributed by atoms with Gasteiger partial charge in [0.15, 0.2) is 0 Å². The van der Waals surface area contributed by atoms with Gasteiger partial charge in [-0.1, -0.05) is 48.3 Å². The molecule has 1 aromatic heterocycles. The minimum atomic E-state index is -0.411. The van der Waals surface area contributed by atoms with Gasteiger partial charge in [-0.3, -0.25) is 4.79 Å². The van der Waals surface area contributed by atoms with Crippen LogP contribution in [0, 0.1) is 0 Å².